The number of nitrogens with zero attached hydrogens (tertiary/aromatic N) is 2. The molecule has 1 aromatic rings. The summed E-state index contributed by atoms with van der Waals surface area (Å²) in [6, 6.07) is 6.47. The van der Waals surface area contributed by atoms with Crippen molar-refractivity contribution in [3.63, 3.8) is 0 Å². The molecule has 0 saturated carbocycles. The molecule has 0 aliphatic carbocycles. The topological polar surface area (TPSA) is 6.48 Å². The first kappa shape index (κ1) is 12.6. The van der Waals surface area contributed by atoms with Gasteiger partial charge in [-0.15, -0.1) is 0 Å². The second-order valence-electron chi connectivity index (χ2n) is 4.36. The minimum atomic E-state index is 1.05. The van der Waals surface area contributed by atoms with Crippen molar-refractivity contribution < 1.29 is 0 Å². The molecule has 1 aromatic carbocycles. The third-order valence-corrected chi connectivity index (χ3v) is 3.84. The Morgan fingerprint density at radius 1 is 1.00 bits per heavy atom. The van der Waals surface area contributed by atoms with E-state index >= 15 is 0 Å². The summed E-state index contributed by atoms with van der Waals surface area (Å²) in [5.41, 5.74) is 1.37. The van der Waals surface area contributed by atoms with Crippen LogP contribution in [0.4, 0.5) is 0 Å². The summed E-state index contributed by atoms with van der Waals surface area (Å²) in [6.45, 7) is 5.73. The zero-order valence-electron chi connectivity index (χ0n) is 9.42. The maximum absolute atomic E-state index is 3.53. The van der Waals surface area contributed by atoms with Crippen LogP contribution in [0.1, 0.15) is 5.56 Å². The van der Waals surface area contributed by atoms with Gasteiger partial charge in [0.25, 0.3) is 0 Å². The Balaban J connectivity index is 1.98. The van der Waals surface area contributed by atoms with Gasteiger partial charge in [-0.1, -0.05) is 31.9 Å². The molecule has 0 N–H and O–H groups in total. The average Bonchev–Trinajstić information content (AvgIpc) is 2.20. The van der Waals surface area contributed by atoms with E-state index in [1.54, 1.807) is 0 Å². The number of benzene rings is 1. The highest BCUT2D eigenvalue weighted by Gasteiger charge is 2.13. The molecule has 0 atom stereocenters. The molecule has 0 aromatic heterocycles. The summed E-state index contributed by atoms with van der Waals surface area (Å²) in [7, 11) is 2.19. The summed E-state index contributed by atoms with van der Waals surface area (Å²) >= 11 is 7.06. The summed E-state index contributed by atoms with van der Waals surface area (Å²) in [5.74, 6) is 0. The second kappa shape index (κ2) is 5.63. The molecule has 0 amide bonds. The molecular weight excluding hydrogens is 332 g/mol. The van der Waals surface area contributed by atoms with Crippen LogP contribution in [0, 0.1) is 0 Å². The molecule has 1 heterocycles. The Hall–Kier alpha value is 0.1000. The Morgan fingerprint density at radius 2 is 1.56 bits per heavy atom. The molecule has 2 nitrogen and oxygen atoms in total. The van der Waals surface area contributed by atoms with Crippen LogP contribution in [0.5, 0.6) is 0 Å². The SMILES string of the molecule is CN1CCN(Cc2cc(Br)cc(Br)c2)CC1. The van der Waals surface area contributed by atoms with Crippen molar-refractivity contribution in [2.45, 2.75) is 6.54 Å². The quantitative estimate of drug-likeness (QED) is 0.811. The maximum Gasteiger partial charge on any atom is 0.0235 e. The third kappa shape index (κ3) is 3.55. The Morgan fingerprint density at radius 3 is 2.12 bits per heavy atom. The Labute approximate surface area is 114 Å². The van der Waals surface area contributed by atoms with Gasteiger partial charge in [-0.2, -0.15) is 0 Å². The predicted molar refractivity (Wildman–Crippen MR) is 74.6 cm³/mol. The van der Waals surface area contributed by atoms with Gasteiger partial charge in [0.2, 0.25) is 0 Å². The molecule has 1 aliphatic heterocycles. The predicted octanol–water partition coefficient (Wildman–Crippen LogP) is 2.96. The van der Waals surface area contributed by atoms with E-state index in [1.165, 1.54) is 31.7 Å². The van der Waals surface area contributed by atoms with Crippen LogP contribution in [0.3, 0.4) is 0 Å². The third-order valence-electron chi connectivity index (χ3n) is 2.92. The molecule has 16 heavy (non-hydrogen) atoms. The molecule has 2 rings (SSSR count). The van der Waals surface area contributed by atoms with Gasteiger partial charge in [0.05, 0.1) is 0 Å². The van der Waals surface area contributed by atoms with Crippen LogP contribution in [0.2, 0.25) is 0 Å². The standard InChI is InChI=1S/C12H16Br2N2/c1-15-2-4-16(5-3-15)9-10-6-11(13)8-12(14)7-10/h6-8H,2-5,9H2,1H3. The summed E-state index contributed by atoms with van der Waals surface area (Å²) < 4.78 is 2.29. The van der Waals surface area contributed by atoms with E-state index in [0.29, 0.717) is 0 Å². The molecule has 1 saturated heterocycles. The number of piperazine rings is 1. The van der Waals surface area contributed by atoms with Gasteiger partial charge in [0, 0.05) is 41.7 Å². The fourth-order valence-electron chi connectivity index (χ4n) is 1.97. The van der Waals surface area contributed by atoms with Crippen LogP contribution in [-0.2, 0) is 6.54 Å². The highest BCUT2D eigenvalue weighted by Crippen LogP contribution is 2.21. The van der Waals surface area contributed by atoms with Crippen LogP contribution < -0.4 is 0 Å². The van der Waals surface area contributed by atoms with Gasteiger partial charge >= 0.3 is 0 Å². The molecule has 0 unspecified atom stereocenters. The molecule has 4 heteroatoms. The van der Waals surface area contributed by atoms with Crippen molar-refractivity contribution in [3.05, 3.63) is 32.7 Å². The number of rotatable bonds is 2. The van der Waals surface area contributed by atoms with Crippen molar-refractivity contribution >= 4 is 31.9 Å². The summed E-state index contributed by atoms with van der Waals surface area (Å²) in [6.07, 6.45) is 0. The number of likely N-dealkylation sites (N-methyl/N-ethyl adjacent to an activating group) is 1. The zero-order valence-corrected chi connectivity index (χ0v) is 12.6. The Kier molecular flexibility index (Phi) is 4.41. The van der Waals surface area contributed by atoms with Gasteiger partial charge < -0.3 is 4.90 Å². The molecule has 0 spiro atoms. The van der Waals surface area contributed by atoms with Gasteiger partial charge in [-0.3, -0.25) is 4.90 Å². The second-order valence-corrected chi connectivity index (χ2v) is 6.19. The molecule has 0 radical (unpaired) electrons. The first-order valence-corrected chi connectivity index (χ1v) is 7.08. The van der Waals surface area contributed by atoms with Crippen molar-refractivity contribution in [2.24, 2.45) is 0 Å². The zero-order chi connectivity index (χ0) is 11.5. The van der Waals surface area contributed by atoms with E-state index in [1.807, 2.05) is 0 Å². The fraction of sp³-hybridized carbons (Fsp3) is 0.500. The molecular formula is C12H16Br2N2. The average molecular weight is 348 g/mol. The lowest BCUT2D eigenvalue weighted by Gasteiger charge is -2.32. The maximum atomic E-state index is 3.53. The van der Waals surface area contributed by atoms with E-state index in [4.69, 9.17) is 0 Å². The van der Waals surface area contributed by atoms with Crippen LogP contribution in [-0.4, -0.2) is 43.0 Å². The first-order valence-electron chi connectivity index (χ1n) is 5.49. The molecule has 1 aliphatic rings. The smallest absolute Gasteiger partial charge is 0.0235 e. The fourth-order valence-corrected chi connectivity index (χ4v) is 3.35. The van der Waals surface area contributed by atoms with Crippen LogP contribution in [0.25, 0.3) is 0 Å². The largest absolute Gasteiger partial charge is 0.304 e. The number of hydrogen-bond donors (Lipinski definition) is 0. The first-order chi connectivity index (χ1) is 7.63. The minimum Gasteiger partial charge on any atom is -0.304 e. The van der Waals surface area contributed by atoms with Crippen molar-refractivity contribution in [1.82, 2.24) is 9.80 Å². The van der Waals surface area contributed by atoms with Crippen molar-refractivity contribution in [3.8, 4) is 0 Å². The molecule has 1 fully saturated rings. The van der Waals surface area contributed by atoms with E-state index in [0.717, 1.165) is 15.5 Å². The summed E-state index contributed by atoms with van der Waals surface area (Å²) in [4.78, 5) is 4.89. The van der Waals surface area contributed by atoms with Crippen molar-refractivity contribution in [2.75, 3.05) is 33.2 Å². The van der Waals surface area contributed by atoms with E-state index in [9.17, 15) is 0 Å². The molecule has 88 valence electrons. The lowest BCUT2D eigenvalue weighted by Crippen LogP contribution is -2.43. The number of halogens is 2. The van der Waals surface area contributed by atoms with Gasteiger partial charge in [-0.05, 0) is 30.8 Å². The lowest BCUT2D eigenvalue weighted by atomic mass is 10.2. The molecule has 0 bridgehead atoms. The monoisotopic (exact) mass is 346 g/mol. The van der Waals surface area contributed by atoms with Crippen molar-refractivity contribution in [1.29, 1.82) is 0 Å². The van der Waals surface area contributed by atoms with Gasteiger partial charge in [0.15, 0.2) is 0 Å². The minimum absolute atomic E-state index is 1.05. The van der Waals surface area contributed by atoms with Gasteiger partial charge in [-0.25, -0.2) is 0 Å². The number of hydrogen-bond acceptors (Lipinski definition) is 2. The Bertz CT molecular complexity index is 340. The highest BCUT2D eigenvalue weighted by atomic mass is 79.9. The van der Waals surface area contributed by atoms with Gasteiger partial charge in [0.1, 0.15) is 0 Å². The van der Waals surface area contributed by atoms with E-state index in [2.05, 4.69) is 66.9 Å². The lowest BCUT2D eigenvalue weighted by molar-refractivity contribution is 0.148. The van der Waals surface area contributed by atoms with E-state index in [-0.39, 0.29) is 0 Å². The normalized spacial score (nSPS) is 18.9. The summed E-state index contributed by atoms with van der Waals surface area (Å²) in [5, 5.41) is 0. The van der Waals surface area contributed by atoms with Crippen LogP contribution in [0.15, 0.2) is 27.1 Å². The highest BCUT2D eigenvalue weighted by molar-refractivity contribution is 9.11. The van der Waals surface area contributed by atoms with Crippen LogP contribution >= 0.6 is 31.9 Å². The van der Waals surface area contributed by atoms with E-state index < -0.39 is 0 Å².